The summed E-state index contributed by atoms with van der Waals surface area (Å²) in [6, 6.07) is 3.44. The van der Waals surface area contributed by atoms with Crippen molar-refractivity contribution in [1.29, 1.82) is 0 Å². The molecule has 0 aliphatic carbocycles. The van der Waals surface area contributed by atoms with Crippen molar-refractivity contribution in [3.8, 4) is 0 Å². The molecule has 1 fully saturated rings. The Morgan fingerprint density at radius 3 is 2.71 bits per heavy atom. The number of halogens is 1. The molecule has 2 unspecified atom stereocenters. The molecule has 8 heteroatoms. The molecule has 2 rings (SSSR count). The predicted octanol–water partition coefficient (Wildman–Crippen LogP) is 0.590. The smallest absolute Gasteiger partial charge is 0.310 e. The number of aryl methyl sites for hydroxylation is 1. The lowest BCUT2D eigenvalue weighted by Gasteiger charge is -2.33. The fourth-order valence-electron chi connectivity index (χ4n) is 2.36. The Bertz CT molecular complexity index is 661. The quantitative estimate of drug-likeness (QED) is 0.851. The zero-order chi connectivity index (χ0) is 15.8. The fourth-order valence-corrected chi connectivity index (χ4v) is 4.08. The van der Waals surface area contributed by atoms with Gasteiger partial charge in [0.05, 0.1) is 16.9 Å². The molecule has 0 spiro atoms. The molecule has 6 nitrogen and oxygen atoms in total. The van der Waals surface area contributed by atoms with Crippen molar-refractivity contribution in [3.05, 3.63) is 29.6 Å². The zero-order valence-electron chi connectivity index (χ0n) is 11.4. The molecule has 21 heavy (non-hydrogen) atoms. The number of aliphatic carboxylic acids is 1. The third-order valence-electron chi connectivity index (χ3n) is 3.62. The highest BCUT2D eigenvalue weighted by atomic mass is 32.2. The first kappa shape index (κ1) is 15.9. The number of aliphatic hydroxyl groups is 1. The van der Waals surface area contributed by atoms with Crippen molar-refractivity contribution in [2.45, 2.75) is 24.3 Å². The first-order valence-electron chi connectivity index (χ1n) is 6.40. The molecule has 0 saturated carbocycles. The normalized spacial score (nSPS) is 24.0. The highest BCUT2D eigenvalue weighted by Crippen LogP contribution is 2.26. The number of aliphatic hydroxyl groups excluding tert-OH is 1. The van der Waals surface area contributed by atoms with Crippen molar-refractivity contribution in [2.75, 3.05) is 13.1 Å². The minimum atomic E-state index is -3.99. The van der Waals surface area contributed by atoms with Crippen molar-refractivity contribution in [2.24, 2.45) is 5.92 Å². The minimum absolute atomic E-state index is 0.00321. The number of benzene rings is 1. The molecule has 0 radical (unpaired) electrons. The second kappa shape index (κ2) is 5.70. The second-order valence-electron chi connectivity index (χ2n) is 5.07. The summed E-state index contributed by atoms with van der Waals surface area (Å²) in [7, 11) is -3.99. The van der Waals surface area contributed by atoms with Gasteiger partial charge in [-0.05, 0) is 31.0 Å². The number of carbonyl (C=O) groups is 1. The van der Waals surface area contributed by atoms with Crippen LogP contribution in [0.15, 0.2) is 23.1 Å². The van der Waals surface area contributed by atoms with Crippen molar-refractivity contribution in [1.82, 2.24) is 4.31 Å². The molecule has 1 aliphatic heterocycles. The van der Waals surface area contributed by atoms with E-state index in [4.69, 9.17) is 5.11 Å². The van der Waals surface area contributed by atoms with E-state index in [9.17, 15) is 22.7 Å². The van der Waals surface area contributed by atoms with E-state index < -0.39 is 33.8 Å². The number of hydrogen-bond donors (Lipinski definition) is 2. The second-order valence-corrected chi connectivity index (χ2v) is 6.98. The molecule has 1 saturated heterocycles. The molecule has 2 atom stereocenters. The van der Waals surface area contributed by atoms with E-state index in [1.54, 1.807) is 6.92 Å². The number of carboxylic acids is 1. The van der Waals surface area contributed by atoms with Crippen LogP contribution in [0.3, 0.4) is 0 Å². The van der Waals surface area contributed by atoms with Crippen LogP contribution in [0.4, 0.5) is 4.39 Å². The van der Waals surface area contributed by atoms with E-state index >= 15 is 0 Å². The average Bonchev–Trinajstić information content (AvgIpc) is 2.41. The first-order valence-corrected chi connectivity index (χ1v) is 7.84. The van der Waals surface area contributed by atoms with Crippen LogP contribution in [0.5, 0.6) is 0 Å². The maximum Gasteiger partial charge on any atom is 0.310 e. The van der Waals surface area contributed by atoms with E-state index in [1.165, 1.54) is 6.07 Å². The van der Waals surface area contributed by atoms with Gasteiger partial charge in [-0.15, -0.1) is 0 Å². The number of rotatable bonds is 3. The Morgan fingerprint density at radius 2 is 2.10 bits per heavy atom. The lowest BCUT2D eigenvalue weighted by Crippen LogP contribution is -2.48. The van der Waals surface area contributed by atoms with Gasteiger partial charge in [0, 0.05) is 13.1 Å². The van der Waals surface area contributed by atoms with Gasteiger partial charge >= 0.3 is 5.97 Å². The van der Waals surface area contributed by atoms with E-state index in [-0.39, 0.29) is 24.4 Å². The lowest BCUT2D eigenvalue weighted by molar-refractivity contribution is -0.147. The average molecular weight is 317 g/mol. The molecule has 116 valence electrons. The monoisotopic (exact) mass is 317 g/mol. The Balaban J connectivity index is 2.36. The minimum Gasteiger partial charge on any atom is -0.481 e. The van der Waals surface area contributed by atoms with Gasteiger partial charge in [-0.3, -0.25) is 4.79 Å². The van der Waals surface area contributed by atoms with Gasteiger partial charge in [0.1, 0.15) is 5.82 Å². The summed E-state index contributed by atoms with van der Waals surface area (Å²) in [5, 5.41) is 18.6. The van der Waals surface area contributed by atoms with Gasteiger partial charge in [-0.2, -0.15) is 4.31 Å². The third-order valence-corrected chi connectivity index (χ3v) is 5.63. The highest BCUT2D eigenvalue weighted by Gasteiger charge is 2.38. The predicted molar refractivity (Wildman–Crippen MR) is 71.6 cm³/mol. The number of carboxylic acid groups (broad SMARTS) is 1. The molecule has 2 N–H and O–H groups in total. The first-order chi connectivity index (χ1) is 9.73. The molecule has 0 aromatic heterocycles. The van der Waals surface area contributed by atoms with Gasteiger partial charge in [-0.25, -0.2) is 12.8 Å². The number of piperidine rings is 1. The van der Waals surface area contributed by atoms with E-state index in [1.807, 2.05) is 0 Å². The number of nitrogens with zero attached hydrogens (tertiary/aromatic N) is 1. The Kier molecular flexibility index (Phi) is 4.31. The van der Waals surface area contributed by atoms with Crippen LogP contribution in [0.2, 0.25) is 0 Å². The topological polar surface area (TPSA) is 94.9 Å². The van der Waals surface area contributed by atoms with Gasteiger partial charge in [0.25, 0.3) is 0 Å². The van der Waals surface area contributed by atoms with E-state index in [2.05, 4.69) is 0 Å². The Morgan fingerprint density at radius 1 is 1.43 bits per heavy atom. The maximum absolute atomic E-state index is 13.3. The summed E-state index contributed by atoms with van der Waals surface area (Å²) in [6.45, 7) is 1.22. The maximum atomic E-state index is 13.3. The lowest BCUT2D eigenvalue weighted by atomic mass is 9.96. The summed E-state index contributed by atoms with van der Waals surface area (Å²) in [5.41, 5.74) is 0.384. The standard InChI is InChI=1S/C13H16FNO5S/c1-8-2-3-9(14)6-12(8)21(19,20)15-5-4-11(16)10(7-15)13(17)18/h2-3,6,10-11,16H,4-5,7H2,1H3,(H,17,18). The molecule has 0 bridgehead atoms. The van der Waals surface area contributed by atoms with Crippen LogP contribution in [0, 0.1) is 18.7 Å². The van der Waals surface area contributed by atoms with E-state index in [0.717, 1.165) is 16.4 Å². The summed E-state index contributed by atoms with van der Waals surface area (Å²) in [4.78, 5) is 10.9. The largest absolute Gasteiger partial charge is 0.481 e. The number of hydrogen-bond acceptors (Lipinski definition) is 4. The summed E-state index contributed by atoms with van der Waals surface area (Å²) < 4.78 is 39.3. The zero-order valence-corrected chi connectivity index (χ0v) is 12.2. The molecule has 0 amide bonds. The fraction of sp³-hybridized carbons (Fsp3) is 0.462. The van der Waals surface area contributed by atoms with Gasteiger partial charge in [-0.1, -0.05) is 6.07 Å². The van der Waals surface area contributed by atoms with Crippen LogP contribution in [0.25, 0.3) is 0 Å². The molecule has 1 aromatic rings. The van der Waals surface area contributed by atoms with E-state index in [0.29, 0.717) is 5.56 Å². The van der Waals surface area contributed by atoms with Gasteiger partial charge in [0.2, 0.25) is 10.0 Å². The van der Waals surface area contributed by atoms with Gasteiger partial charge < -0.3 is 10.2 Å². The summed E-state index contributed by atoms with van der Waals surface area (Å²) >= 11 is 0. The van der Waals surface area contributed by atoms with Crippen LogP contribution in [-0.4, -0.2) is 48.1 Å². The number of sulfonamides is 1. The molecule has 1 aromatic carbocycles. The molecular weight excluding hydrogens is 301 g/mol. The van der Waals surface area contributed by atoms with Crippen LogP contribution >= 0.6 is 0 Å². The Hall–Kier alpha value is -1.51. The van der Waals surface area contributed by atoms with Crippen LogP contribution in [-0.2, 0) is 14.8 Å². The molecular formula is C13H16FNO5S. The van der Waals surface area contributed by atoms with Gasteiger partial charge in [0.15, 0.2) is 0 Å². The highest BCUT2D eigenvalue weighted by molar-refractivity contribution is 7.89. The third kappa shape index (κ3) is 3.07. The van der Waals surface area contributed by atoms with Crippen molar-refractivity contribution < 1.29 is 27.8 Å². The summed E-state index contributed by atoms with van der Waals surface area (Å²) in [6.07, 6.45) is -1.05. The molecule has 1 heterocycles. The Labute approximate surface area is 121 Å². The van der Waals surface area contributed by atoms with Crippen molar-refractivity contribution >= 4 is 16.0 Å². The van der Waals surface area contributed by atoms with Crippen molar-refractivity contribution in [3.63, 3.8) is 0 Å². The summed E-state index contributed by atoms with van der Waals surface area (Å²) in [5.74, 6) is -3.10. The SMILES string of the molecule is Cc1ccc(F)cc1S(=O)(=O)N1CCC(O)C(C(=O)O)C1. The van der Waals surface area contributed by atoms with Crippen LogP contribution in [0.1, 0.15) is 12.0 Å². The molecule has 1 aliphatic rings. The van der Waals surface area contributed by atoms with Crippen LogP contribution < -0.4 is 0 Å².